The number of nitrogens with one attached hydrogen (secondary N) is 1. The zero-order valence-electron chi connectivity index (χ0n) is 12.0. The summed E-state index contributed by atoms with van der Waals surface area (Å²) >= 11 is 1.36. The van der Waals surface area contributed by atoms with Crippen LogP contribution >= 0.6 is 11.8 Å². The Morgan fingerprint density at radius 2 is 2.25 bits per heavy atom. The molecule has 110 valence electrons. The monoisotopic (exact) mass is 296 g/mol. The van der Waals surface area contributed by atoms with E-state index in [-0.39, 0.29) is 18.6 Å². The highest BCUT2D eigenvalue weighted by atomic mass is 32.2. The molecule has 1 rings (SSSR count). The minimum absolute atomic E-state index is 0.0892. The van der Waals surface area contributed by atoms with Gasteiger partial charge in [0.1, 0.15) is 5.03 Å². The van der Waals surface area contributed by atoms with Gasteiger partial charge in [-0.15, -0.1) is 11.8 Å². The van der Waals surface area contributed by atoms with Gasteiger partial charge in [-0.05, 0) is 31.7 Å². The second-order valence-electron chi connectivity index (χ2n) is 4.39. The van der Waals surface area contributed by atoms with Crippen molar-refractivity contribution in [3.63, 3.8) is 0 Å². The maximum Gasteiger partial charge on any atom is 0.341 e. The lowest BCUT2D eigenvalue weighted by molar-refractivity contribution is -0.124. The number of carbonyl (C=O) groups is 2. The Balaban J connectivity index is 2.49. The summed E-state index contributed by atoms with van der Waals surface area (Å²) in [6.45, 7) is 3.71. The molecule has 1 atom stereocenters. The summed E-state index contributed by atoms with van der Waals surface area (Å²) in [5, 5.41) is 3.37. The Hall–Kier alpha value is -1.56. The molecule has 0 aliphatic rings. The molecule has 0 aliphatic heterocycles. The lowest BCUT2D eigenvalue weighted by atomic mass is 10.2. The predicted molar refractivity (Wildman–Crippen MR) is 78.8 cm³/mol. The molecule has 5 nitrogen and oxygen atoms in total. The number of pyridine rings is 1. The molecule has 1 heterocycles. The number of esters is 1. The third kappa shape index (κ3) is 5.21. The third-order valence-corrected chi connectivity index (χ3v) is 3.36. The summed E-state index contributed by atoms with van der Waals surface area (Å²) in [7, 11) is 0. The number of hydrogen-bond acceptors (Lipinski definition) is 5. The van der Waals surface area contributed by atoms with Gasteiger partial charge in [-0.3, -0.25) is 4.79 Å². The van der Waals surface area contributed by atoms with Crippen molar-refractivity contribution < 1.29 is 14.3 Å². The van der Waals surface area contributed by atoms with E-state index in [4.69, 9.17) is 4.74 Å². The molecule has 6 heteroatoms. The first-order valence-electron chi connectivity index (χ1n) is 6.54. The van der Waals surface area contributed by atoms with E-state index in [1.54, 1.807) is 18.3 Å². The molecule has 0 fully saturated rings. The number of amides is 1. The van der Waals surface area contributed by atoms with E-state index < -0.39 is 5.97 Å². The molecule has 1 aromatic heterocycles. The molecule has 0 bridgehead atoms. The number of hydrogen-bond donors (Lipinski definition) is 1. The summed E-state index contributed by atoms with van der Waals surface area (Å²) in [6.07, 6.45) is 5.34. The summed E-state index contributed by atoms with van der Waals surface area (Å²) in [6, 6.07) is 3.39. The van der Waals surface area contributed by atoms with E-state index in [9.17, 15) is 9.59 Å². The normalized spacial score (nSPS) is 11.8. The minimum atomic E-state index is -0.527. The van der Waals surface area contributed by atoms with Crippen LogP contribution in [0.5, 0.6) is 0 Å². The lowest BCUT2D eigenvalue weighted by Crippen LogP contribution is -2.35. The highest BCUT2D eigenvalue weighted by Crippen LogP contribution is 2.17. The minimum Gasteiger partial charge on any atom is -0.452 e. The van der Waals surface area contributed by atoms with Gasteiger partial charge in [0.05, 0.1) is 5.56 Å². The smallest absolute Gasteiger partial charge is 0.341 e. The first-order valence-corrected chi connectivity index (χ1v) is 7.76. The van der Waals surface area contributed by atoms with E-state index in [0.29, 0.717) is 10.6 Å². The van der Waals surface area contributed by atoms with Crippen LogP contribution < -0.4 is 5.32 Å². The summed E-state index contributed by atoms with van der Waals surface area (Å²) in [5.74, 6) is -0.811. The van der Waals surface area contributed by atoms with Gasteiger partial charge in [-0.25, -0.2) is 9.78 Å². The van der Waals surface area contributed by atoms with Crippen molar-refractivity contribution in [3.8, 4) is 0 Å². The van der Waals surface area contributed by atoms with E-state index >= 15 is 0 Å². The van der Waals surface area contributed by atoms with Gasteiger partial charge in [-0.2, -0.15) is 0 Å². The molecule has 0 radical (unpaired) electrons. The van der Waals surface area contributed by atoms with E-state index in [2.05, 4.69) is 17.2 Å². The average molecular weight is 296 g/mol. The maximum atomic E-state index is 11.9. The highest BCUT2D eigenvalue weighted by molar-refractivity contribution is 7.98. The Bertz CT molecular complexity index is 465. The molecule has 0 saturated carbocycles. The Morgan fingerprint density at radius 3 is 2.90 bits per heavy atom. The van der Waals surface area contributed by atoms with Crippen molar-refractivity contribution in [3.05, 3.63) is 23.9 Å². The van der Waals surface area contributed by atoms with Crippen LogP contribution in [0, 0.1) is 0 Å². The molecule has 20 heavy (non-hydrogen) atoms. The van der Waals surface area contributed by atoms with Crippen molar-refractivity contribution >= 4 is 23.6 Å². The van der Waals surface area contributed by atoms with E-state index in [1.807, 2.05) is 13.2 Å². The number of aromatic nitrogens is 1. The van der Waals surface area contributed by atoms with Crippen LogP contribution in [0.2, 0.25) is 0 Å². The first-order chi connectivity index (χ1) is 9.58. The third-order valence-electron chi connectivity index (χ3n) is 2.65. The number of nitrogens with zero attached hydrogens (tertiary/aromatic N) is 1. The number of carbonyl (C=O) groups excluding carboxylic acids is 2. The lowest BCUT2D eigenvalue weighted by Gasteiger charge is -2.13. The van der Waals surface area contributed by atoms with Gasteiger partial charge in [0.15, 0.2) is 6.61 Å². The second kappa shape index (κ2) is 8.58. The Morgan fingerprint density at radius 1 is 1.50 bits per heavy atom. The molecule has 1 aromatic rings. The van der Waals surface area contributed by atoms with Gasteiger partial charge >= 0.3 is 5.97 Å². The van der Waals surface area contributed by atoms with Crippen molar-refractivity contribution in [2.75, 3.05) is 12.9 Å². The quantitative estimate of drug-likeness (QED) is 0.617. The SMILES string of the molecule is CCC[C@@H](C)NC(=O)COC(=O)c1cccnc1SC. The number of thioether (sulfide) groups is 1. The Labute approximate surface area is 123 Å². The molecule has 0 aliphatic carbocycles. The fraction of sp³-hybridized carbons (Fsp3) is 0.500. The first kappa shape index (κ1) is 16.5. The molecular formula is C14H20N2O3S. The van der Waals surface area contributed by atoms with Gasteiger partial charge in [-0.1, -0.05) is 13.3 Å². The van der Waals surface area contributed by atoms with Gasteiger partial charge in [0, 0.05) is 12.2 Å². The van der Waals surface area contributed by atoms with Crippen molar-refractivity contribution in [1.29, 1.82) is 0 Å². The summed E-state index contributed by atoms with van der Waals surface area (Å²) in [5.41, 5.74) is 0.384. The molecule has 1 N–H and O–H groups in total. The molecule has 0 saturated heterocycles. The highest BCUT2D eigenvalue weighted by Gasteiger charge is 2.15. The van der Waals surface area contributed by atoms with Crippen LogP contribution in [0.25, 0.3) is 0 Å². The van der Waals surface area contributed by atoms with Crippen molar-refractivity contribution in [2.45, 2.75) is 37.8 Å². The number of ether oxygens (including phenoxy) is 1. The van der Waals surface area contributed by atoms with Crippen LogP contribution in [0.1, 0.15) is 37.0 Å². The molecule has 0 aromatic carbocycles. The van der Waals surface area contributed by atoms with Crippen LogP contribution in [-0.2, 0) is 9.53 Å². The Kier molecular flexibility index (Phi) is 7.08. The largest absolute Gasteiger partial charge is 0.452 e. The van der Waals surface area contributed by atoms with Crippen LogP contribution in [0.3, 0.4) is 0 Å². The number of rotatable bonds is 7. The van der Waals surface area contributed by atoms with Crippen LogP contribution in [-0.4, -0.2) is 35.8 Å². The molecule has 1 amide bonds. The second-order valence-corrected chi connectivity index (χ2v) is 5.19. The standard InChI is InChI=1S/C14H20N2O3S/c1-4-6-10(2)16-12(17)9-19-14(18)11-7-5-8-15-13(11)20-3/h5,7-8,10H,4,6,9H2,1-3H3,(H,16,17)/t10-/m1/s1. The van der Waals surface area contributed by atoms with Crippen molar-refractivity contribution in [2.24, 2.45) is 0 Å². The summed E-state index contributed by atoms with van der Waals surface area (Å²) in [4.78, 5) is 27.6. The predicted octanol–water partition coefficient (Wildman–Crippen LogP) is 2.27. The van der Waals surface area contributed by atoms with E-state index in [1.165, 1.54) is 11.8 Å². The van der Waals surface area contributed by atoms with Gasteiger partial charge < -0.3 is 10.1 Å². The van der Waals surface area contributed by atoms with Crippen LogP contribution in [0.15, 0.2) is 23.4 Å². The molecular weight excluding hydrogens is 276 g/mol. The average Bonchev–Trinajstić information content (AvgIpc) is 2.44. The van der Waals surface area contributed by atoms with Gasteiger partial charge in [0.25, 0.3) is 5.91 Å². The summed E-state index contributed by atoms with van der Waals surface area (Å²) < 4.78 is 5.01. The van der Waals surface area contributed by atoms with Gasteiger partial charge in [0.2, 0.25) is 0 Å². The van der Waals surface area contributed by atoms with Crippen LogP contribution in [0.4, 0.5) is 0 Å². The zero-order valence-corrected chi connectivity index (χ0v) is 12.8. The fourth-order valence-electron chi connectivity index (χ4n) is 1.74. The topological polar surface area (TPSA) is 68.3 Å². The zero-order chi connectivity index (χ0) is 15.0. The van der Waals surface area contributed by atoms with Crippen molar-refractivity contribution in [1.82, 2.24) is 10.3 Å². The molecule has 0 unspecified atom stereocenters. The molecule has 0 spiro atoms. The fourth-order valence-corrected chi connectivity index (χ4v) is 2.28. The maximum absolute atomic E-state index is 11.9. The van der Waals surface area contributed by atoms with E-state index in [0.717, 1.165) is 12.8 Å².